The molecule has 1 aliphatic rings. The van der Waals surface area contributed by atoms with Gasteiger partial charge in [0.2, 0.25) is 11.8 Å². The zero-order valence-electron chi connectivity index (χ0n) is 12.1. The Hall–Kier alpha value is -2.14. The second-order valence-electron chi connectivity index (χ2n) is 4.86. The maximum Gasteiger partial charge on any atom is 0.488 e. The Morgan fingerprint density at radius 3 is 2.71 bits per heavy atom. The van der Waals surface area contributed by atoms with Crippen molar-refractivity contribution in [1.29, 1.82) is 0 Å². The first-order valence-electron chi connectivity index (χ1n) is 6.72. The van der Waals surface area contributed by atoms with Crippen molar-refractivity contribution < 1.29 is 30.9 Å². The number of benzene rings is 1. The molecule has 3 amide bonds. The van der Waals surface area contributed by atoms with Gasteiger partial charge in [0.25, 0.3) is 5.91 Å². The van der Waals surface area contributed by atoms with Gasteiger partial charge >= 0.3 is 10.5 Å². The number of likely N-dealkylation sites (tertiary alicyclic amines) is 1. The van der Waals surface area contributed by atoms with Crippen LogP contribution >= 0.6 is 12.6 Å². The molecule has 0 saturated carbocycles. The molecule has 1 N–H and O–H groups in total. The highest BCUT2D eigenvalue weighted by Crippen LogP contribution is 2.17. The fraction of sp³-hybridized carbons (Fsp3) is 0.308. The number of hydrogen-bond donors (Lipinski definition) is 2. The molecule has 0 aromatic heterocycles. The van der Waals surface area contributed by atoms with Crippen LogP contribution in [0, 0.1) is 0 Å². The van der Waals surface area contributed by atoms with Gasteiger partial charge in [0.1, 0.15) is 5.75 Å². The van der Waals surface area contributed by atoms with Gasteiger partial charge in [-0.1, -0.05) is 9.95 Å². The molecule has 2 rings (SSSR count). The maximum absolute atomic E-state index is 12.5. The predicted octanol–water partition coefficient (Wildman–Crippen LogP) is 0.0668. The van der Waals surface area contributed by atoms with E-state index in [-0.39, 0.29) is 36.7 Å². The summed E-state index contributed by atoms with van der Waals surface area (Å²) in [6.45, 7) is -0.00117. The minimum atomic E-state index is -5.19. The number of rotatable bonds is 6. The summed E-state index contributed by atoms with van der Waals surface area (Å²) >= 11 is 3.98. The van der Waals surface area contributed by atoms with E-state index in [1.807, 2.05) is 0 Å². The first-order valence-corrected chi connectivity index (χ1v) is 8.54. The van der Waals surface area contributed by atoms with Crippen molar-refractivity contribution in [3.8, 4) is 5.75 Å². The van der Waals surface area contributed by atoms with E-state index in [9.17, 15) is 26.7 Å². The standard InChI is InChI=1S/C13H13FN2O6S2/c14-24(20,21)22-9-3-1-2-8(6-9)12(18)15-4-5-16-11(17)7-10(23)13(16)19/h1-3,6,10,23H,4-5,7H2,(H,15,18). The van der Waals surface area contributed by atoms with Crippen molar-refractivity contribution >= 4 is 40.9 Å². The predicted molar refractivity (Wildman–Crippen MR) is 83.5 cm³/mol. The highest BCUT2D eigenvalue weighted by molar-refractivity contribution is 7.82. The van der Waals surface area contributed by atoms with E-state index in [1.165, 1.54) is 18.2 Å². The summed E-state index contributed by atoms with van der Waals surface area (Å²) in [4.78, 5) is 36.2. The lowest BCUT2D eigenvalue weighted by atomic mass is 10.2. The van der Waals surface area contributed by atoms with Crippen LogP contribution in [0.15, 0.2) is 24.3 Å². The van der Waals surface area contributed by atoms with Gasteiger partial charge in [0.05, 0.1) is 5.25 Å². The van der Waals surface area contributed by atoms with Crippen molar-refractivity contribution in [2.45, 2.75) is 11.7 Å². The lowest BCUT2D eigenvalue weighted by molar-refractivity contribution is -0.138. The summed E-state index contributed by atoms with van der Waals surface area (Å²) in [5.74, 6) is -1.73. The number of thiol groups is 1. The first kappa shape index (κ1) is 18.2. The summed E-state index contributed by atoms with van der Waals surface area (Å²) in [5, 5.41) is 1.80. The first-order chi connectivity index (χ1) is 11.2. The molecule has 1 aromatic rings. The van der Waals surface area contributed by atoms with Crippen LogP contribution in [0.3, 0.4) is 0 Å². The lowest BCUT2D eigenvalue weighted by Crippen LogP contribution is -2.38. The monoisotopic (exact) mass is 376 g/mol. The Labute approximate surface area is 142 Å². The molecule has 1 unspecified atom stereocenters. The molecular weight excluding hydrogens is 363 g/mol. The van der Waals surface area contributed by atoms with E-state index in [0.29, 0.717) is 0 Å². The van der Waals surface area contributed by atoms with Crippen molar-refractivity contribution in [2.75, 3.05) is 13.1 Å². The summed E-state index contributed by atoms with van der Waals surface area (Å²) in [5.41, 5.74) is 0.0299. The summed E-state index contributed by atoms with van der Waals surface area (Å²) < 4.78 is 37.3. The highest BCUT2D eigenvalue weighted by Gasteiger charge is 2.35. The third-order valence-corrected chi connectivity index (χ3v) is 3.93. The zero-order chi connectivity index (χ0) is 17.9. The molecule has 0 bridgehead atoms. The van der Waals surface area contributed by atoms with Crippen molar-refractivity contribution in [3.05, 3.63) is 29.8 Å². The molecule has 1 aliphatic heterocycles. The Morgan fingerprint density at radius 1 is 1.42 bits per heavy atom. The fourth-order valence-corrected chi connectivity index (χ4v) is 2.72. The Kier molecular flexibility index (Phi) is 5.44. The van der Waals surface area contributed by atoms with Gasteiger partial charge in [-0.2, -0.15) is 21.0 Å². The van der Waals surface area contributed by atoms with Crippen LogP contribution in [0.2, 0.25) is 0 Å². The second kappa shape index (κ2) is 7.18. The normalized spacial score (nSPS) is 17.9. The van der Waals surface area contributed by atoms with Crippen molar-refractivity contribution in [2.24, 2.45) is 0 Å². The zero-order valence-corrected chi connectivity index (χ0v) is 13.8. The van der Waals surface area contributed by atoms with Gasteiger partial charge in [-0.05, 0) is 18.2 Å². The largest absolute Gasteiger partial charge is 0.488 e. The Balaban J connectivity index is 1.92. The van der Waals surface area contributed by atoms with Gasteiger partial charge < -0.3 is 9.50 Å². The average molecular weight is 376 g/mol. The lowest BCUT2D eigenvalue weighted by Gasteiger charge is -2.14. The Morgan fingerprint density at radius 2 is 2.12 bits per heavy atom. The topological polar surface area (TPSA) is 110 Å². The van der Waals surface area contributed by atoms with Gasteiger partial charge in [0.15, 0.2) is 0 Å². The Bertz CT molecular complexity index is 782. The number of carbonyl (C=O) groups is 3. The van der Waals surface area contributed by atoms with Crippen LogP contribution < -0.4 is 9.50 Å². The number of halogens is 1. The van der Waals surface area contributed by atoms with Crippen LogP contribution in [0.1, 0.15) is 16.8 Å². The number of hydrogen-bond acceptors (Lipinski definition) is 7. The van der Waals surface area contributed by atoms with Crippen LogP contribution in [-0.4, -0.2) is 49.4 Å². The van der Waals surface area contributed by atoms with Gasteiger partial charge in [-0.15, -0.1) is 0 Å². The van der Waals surface area contributed by atoms with E-state index in [2.05, 4.69) is 22.1 Å². The number of nitrogens with one attached hydrogen (secondary N) is 1. The van der Waals surface area contributed by atoms with Gasteiger partial charge in [-0.3, -0.25) is 19.3 Å². The number of carbonyl (C=O) groups excluding carboxylic acids is 3. The van der Waals surface area contributed by atoms with E-state index >= 15 is 0 Å². The summed E-state index contributed by atoms with van der Waals surface area (Å²) in [7, 11) is -5.19. The van der Waals surface area contributed by atoms with Crippen LogP contribution in [0.25, 0.3) is 0 Å². The molecule has 11 heteroatoms. The number of imide groups is 1. The third-order valence-electron chi connectivity index (χ3n) is 3.13. The molecule has 0 radical (unpaired) electrons. The summed E-state index contributed by atoms with van der Waals surface area (Å²) in [6, 6.07) is 4.89. The van der Waals surface area contributed by atoms with Gasteiger partial charge in [-0.25, -0.2) is 0 Å². The molecule has 1 atom stereocenters. The van der Waals surface area contributed by atoms with E-state index < -0.39 is 27.6 Å². The quantitative estimate of drug-likeness (QED) is 0.413. The third kappa shape index (κ3) is 4.68. The molecule has 1 aromatic carbocycles. The molecular formula is C13H13FN2O6S2. The average Bonchev–Trinajstić information content (AvgIpc) is 2.72. The van der Waals surface area contributed by atoms with Crippen molar-refractivity contribution in [3.63, 3.8) is 0 Å². The minimum absolute atomic E-state index is 0.00328. The number of nitrogens with zero attached hydrogens (tertiary/aromatic N) is 1. The van der Waals surface area contributed by atoms with Crippen LogP contribution in [-0.2, 0) is 20.1 Å². The van der Waals surface area contributed by atoms with E-state index in [0.717, 1.165) is 11.0 Å². The maximum atomic E-state index is 12.5. The van der Waals surface area contributed by atoms with E-state index in [4.69, 9.17) is 0 Å². The second-order valence-corrected chi connectivity index (χ2v) is 6.44. The van der Waals surface area contributed by atoms with Crippen LogP contribution in [0.4, 0.5) is 3.89 Å². The fourth-order valence-electron chi connectivity index (χ4n) is 2.09. The summed E-state index contributed by atoms with van der Waals surface area (Å²) in [6.07, 6.45) is 0.0208. The SMILES string of the molecule is O=C(NCCN1C(=O)CC(S)C1=O)c1cccc(OS(=O)(=O)F)c1. The number of amides is 3. The van der Waals surface area contributed by atoms with Crippen molar-refractivity contribution in [1.82, 2.24) is 10.2 Å². The molecule has 0 aliphatic carbocycles. The highest BCUT2D eigenvalue weighted by atomic mass is 32.3. The van der Waals surface area contributed by atoms with Gasteiger partial charge in [0, 0.05) is 25.1 Å². The molecule has 8 nitrogen and oxygen atoms in total. The molecule has 0 spiro atoms. The molecule has 1 heterocycles. The molecule has 1 saturated heterocycles. The molecule has 1 fully saturated rings. The minimum Gasteiger partial charge on any atom is -0.358 e. The van der Waals surface area contributed by atoms with E-state index in [1.54, 1.807) is 0 Å². The van der Waals surface area contributed by atoms with Crippen LogP contribution in [0.5, 0.6) is 5.75 Å². The smallest absolute Gasteiger partial charge is 0.358 e. The molecule has 24 heavy (non-hydrogen) atoms. The molecule has 130 valence electrons.